The summed E-state index contributed by atoms with van der Waals surface area (Å²) in [5.41, 5.74) is 2.77. The van der Waals surface area contributed by atoms with E-state index in [1.165, 1.54) is 0 Å². The third-order valence-corrected chi connectivity index (χ3v) is 6.23. The van der Waals surface area contributed by atoms with Crippen LogP contribution in [0.4, 0.5) is 0 Å². The quantitative estimate of drug-likeness (QED) is 0.294. The van der Waals surface area contributed by atoms with Gasteiger partial charge in [0, 0.05) is 24.2 Å². The van der Waals surface area contributed by atoms with Crippen LogP contribution in [0.1, 0.15) is 63.0 Å². The molecule has 0 radical (unpaired) electrons. The lowest BCUT2D eigenvalue weighted by atomic mass is 9.99. The summed E-state index contributed by atoms with van der Waals surface area (Å²) in [6.45, 7) is 9.35. The molecule has 3 rings (SSSR count). The van der Waals surface area contributed by atoms with Crippen molar-refractivity contribution >= 4 is 11.6 Å². The van der Waals surface area contributed by atoms with Crippen LogP contribution in [0.15, 0.2) is 66.7 Å². The molecule has 0 heterocycles. The van der Waals surface area contributed by atoms with Crippen LogP contribution < -0.4 is 14.2 Å². The van der Waals surface area contributed by atoms with Crippen molar-refractivity contribution in [2.45, 2.75) is 58.4 Å². The van der Waals surface area contributed by atoms with Crippen molar-refractivity contribution < 1.29 is 19.3 Å². The Morgan fingerprint density at radius 3 is 2.17 bits per heavy atom. The largest absolute Gasteiger partial charge is 0.493 e. The maximum atomic E-state index is 11.2. The Bertz CT molecular complexity index is 1110. The molecule has 0 aliphatic carbocycles. The standard InChI is InChI=1S/C30H38ClNO4/c1-7-26(22-13-16-28(34-5)29(18-22)35-6)32(20-27(33)23-9-8-10-24(31)17-23)19-21-11-14-25(15-12-21)36-30(2,3)4/h8-18,26-27,33H,7,19-20H2,1-6H3/t26-,27?/m1/s1. The molecule has 0 spiro atoms. The number of ether oxygens (including phenoxy) is 3. The van der Waals surface area contributed by atoms with Crippen LogP contribution >= 0.6 is 11.6 Å². The first-order valence-corrected chi connectivity index (χ1v) is 12.7. The van der Waals surface area contributed by atoms with E-state index in [2.05, 4.69) is 30.0 Å². The normalized spacial score (nSPS) is 13.4. The van der Waals surface area contributed by atoms with Gasteiger partial charge in [0.15, 0.2) is 11.5 Å². The van der Waals surface area contributed by atoms with Crippen molar-refractivity contribution in [3.63, 3.8) is 0 Å². The maximum Gasteiger partial charge on any atom is 0.161 e. The molecule has 0 aromatic heterocycles. The lowest BCUT2D eigenvalue weighted by molar-refractivity contribution is 0.0790. The van der Waals surface area contributed by atoms with E-state index < -0.39 is 6.10 Å². The number of benzene rings is 3. The SMILES string of the molecule is CC[C@H](c1ccc(OC)c(OC)c1)N(Cc1ccc(OC(C)(C)C)cc1)CC(O)c1cccc(Cl)c1. The van der Waals surface area contributed by atoms with Crippen LogP contribution in [-0.4, -0.2) is 36.4 Å². The summed E-state index contributed by atoms with van der Waals surface area (Å²) >= 11 is 6.20. The van der Waals surface area contributed by atoms with Crippen molar-refractivity contribution in [2.75, 3.05) is 20.8 Å². The molecule has 3 aromatic carbocycles. The number of methoxy groups -OCH3 is 2. The van der Waals surface area contributed by atoms with Crippen molar-refractivity contribution in [3.8, 4) is 17.2 Å². The lowest BCUT2D eigenvalue weighted by Crippen LogP contribution is -2.32. The van der Waals surface area contributed by atoms with Gasteiger partial charge in [-0.1, -0.05) is 48.9 Å². The second-order valence-electron chi connectivity index (χ2n) is 9.90. The number of aliphatic hydroxyl groups excluding tert-OH is 1. The van der Waals surface area contributed by atoms with Crippen LogP contribution in [0.25, 0.3) is 0 Å². The monoisotopic (exact) mass is 511 g/mol. The first kappa shape index (κ1) is 27.9. The van der Waals surface area contributed by atoms with Gasteiger partial charge in [0.2, 0.25) is 0 Å². The van der Waals surface area contributed by atoms with Gasteiger partial charge in [-0.15, -0.1) is 0 Å². The molecule has 0 aliphatic rings. The number of nitrogens with zero attached hydrogens (tertiary/aromatic N) is 1. The highest BCUT2D eigenvalue weighted by atomic mass is 35.5. The fourth-order valence-corrected chi connectivity index (χ4v) is 4.56. The molecule has 0 bridgehead atoms. The second kappa shape index (κ2) is 12.5. The van der Waals surface area contributed by atoms with Gasteiger partial charge in [-0.2, -0.15) is 0 Å². The summed E-state index contributed by atoms with van der Waals surface area (Å²) in [6.07, 6.45) is 0.157. The predicted molar refractivity (Wildman–Crippen MR) is 146 cm³/mol. The summed E-state index contributed by atoms with van der Waals surface area (Å²) in [7, 11) is 3.28. The first-order chi connectivity index (χ1) is 17.1. The number of halogens is 1. The zero-order valence-corrected chi connectivity index (χ0v) is 22.9. The maximum absolute atomic E-state index is 11.2. The highest BCUT2D eigenvalue weighted by Gasteiger charge is 2.24. The number of hydrogen-bond donors (Lipinski definition) is 1. The molecule has 1 N–H and O–H groups in total. The van der Waals surface area contributed by atoms with Gasteiger partial charge < -0.3 is 19.3 Å². The van der Waals surface area contributed by atoms with E-state index >= 15 is 0 Å². The molecule has 0 saturated carbocycles. The predicted octanol–water partition coefficient (Wildman–Crippen LogP) is 7.22. The molecule has 1 unspecified atom stereocenters. The highest BCUT2D eigenvalue weighted by Crippen LogP contribution is 2.35. The van der Waals surface area contributed by atoms with Crippen molar-refractivity contribution in [3.05, 3.63) is 88.4 Å². The van der Waals surface area contributed by atoms with Gasteiger partial charge in [0.1, 0.15) is 11.4 Å². The third kappa shape index (κ3) is 7.63. The van der Waals surface area contributed by atoms with Crippen LogP contribution in [0.2, 0.25) is 5.02 Å². The molecule has 0 fully saturated rings. The Morgan fingerprint density at radius 1 is 0.889 bits per heavy atom. The van der Waals surface area contributed by atoms with E-state index in [4.69, 9.17) is 25.8 Å². The molecule has 194 valence electrons. The van der Waals surface area contributed by atoms with Crippen molar-refractivity contribution in [2.24, 2.45) is 0 Å². The molecule has 5 nitrogen and oxygen atoms in total. The smallest absolute Gasteiger partial charge is 0.161 e. The average Bonchev–Trinajstić information content (AvgIpc) is 2.84. The zero-order valence-electron chi connectivity index (χ0n) is 22.1. The number of hydrogen-bond acceptors (Lipinski definition) is 5. The molecule has 36 heavy (non-hydrogen) atoms. The van der Waals surface area contributed by atoms with E-state index in [0.717, 1.165) is 28.9 Å². The Hall–Kier alpha value is -2.73. The molecule has 6 heteroatoms. The van der Waals surface area contributed by atoms with E-state index in [0.29, 0.717) is 29.6 Å². The molecular weight excluding hydrogens is 474 g/mol. The van der Waals surface area contributed by atoms with Crippen molar-refractivity contribution in [1.82, 2.24) is 4.90 Å². The summed E-state index contributed by atoms with van der Waals surface area (Å²) in [6, 6.07) is 21.6. The van der Waals surface area contributed by atoms with Crippen LogP contribution in [0.3, 0.4) is 0 Å². The fraction of sp³-hybridized carbons (Fsp3) is 0.400. The van der Waals surface area contributed by atoms with Gasteiger partial charge in [-0.25, -0.2) is 0 Å². The molecule has 0 amide bonds. The number of rotatable bonds is 11. The average molecular weight is 512 g/mol. The lowest BCUT2D eigenvalue weighted by Gasteiger charge is -2.34. The molecule has 0 aliphatic heterocycles. The molecule has 3 aromatic rings. The van der Waals surface area contributed by atoms with E-state index in [-0.39, 0.29) is 11.6 Å². The fourth-order valence-electron chi connectivity index (χ4n) is 4.36. The topological polar surface area (TPSA) is 51.2 Å². The van der Waals surface area contributed by atoms with Crippen LogP contribution in [0.5, 0.6) is 17.2 Å². The van der Waals surface area contributed by atoms with Gasteiger partial charge in [0.05, 0.1) is 20.3 Å². The van der Waals surface area contributed by atoms with Gasteiger partial charge in [0.25, 0.3) is 0 Å². The summed E-state index contributed by atoms with van der Waals surface area (Å²) in [5, 5.41) is 11.8. The Labute approximate surface area is 220 Å². The molecule has 0 saturated heterocycles. The van der Waals surface area contributed by atoms with E-state index in [9.17, 15) is 5.11 Å². The highest BCUT2D eigenvalue weighted by molar-refractivity contribution is 6.30. The number of aliphatic hydroxyl groups is 1. The Balaban J connectivity index is 1.92. The summed E-state index contributed by atoms with van der Waals surface area (Å²) < 4.78 is 17.0. The zero-order chi connectivity index (χ0) is 26.3. The Morgan fingerprint density at radius 2 is 1.58 bits per heavy atom. The minimum Gasteiger partial charge on any atom is -0.493 e. The van der Waals surface area contributed by atoms with Crippen LogP contribution in [0, 0.1) is 0 Å². The second-order valence-corrected chi connectivity index (χ2v) is 10.3. The molecular formula is C30H38ClNO4. The molecule has 2 atom stereocenters. The van der Waals surface area contributed by atoms with E-state index in [1.807, 2.05) is 69.3 Å². The first-order valence-electron chi connectivity index (χ1n) is 12.3. The van der Waals surface area contributed by atoms with Gasteiger partial charge >= 0.3 is 0 Å². The Kier molecular flexibility index (Phi) is 9.66. The van der Waals surface area contributed by atoms with E-state index in [1.54, 1.807) is 14.2 Å². The van der Waals surface area contributed by atoms with Crippen molar-refractivity contribution in [1.29, 1.82) is 0 Å². The third-order valence-electron chi connectivity index (χ3n) is 5.99. The minimum atomic E-state index is -0.693. The van der Waals surface area contributed by atoms with Gasteiger partial charge in [-0.3, -0.25) is 4.90 Å². The summed E-state index contributed by atoms with van der Waals surface area (Å²) in [4.78, 5) is 2.30. The summed E-state index contributed by atoms with van der Waals surface area (Å²) in [5.74, 6) is 2.22. The van der Waals surface area contributed by atoms with Gasteiger partial charge in [-0.05, 0) is 80.3 Å². The van der Waals surface area contributed by atoms with Crippen LogP contribution in [-0.2, 0) is 6.54 Å². The minimum absolute atomic E-state index is 0.0455.